The summed E-state index contributed by atoms with van der Waals surface area (Å²) in [6.07, 6.45) is 7.41. The average molecular weight is 466 g/mol. The molecule has 0 radical (unpaired) electrons. The number of carbonyl (C=O) groups excluding carboxylic acids is 1. The molecule has 4 heterocycles. The zero-order valence-corrected chi connectivity index (χ0v) is 18.9. The number of hydrogen-bond donors (Lipinski definition) is 0. The molecule has 34 heavy (non-hydrogen) atoms. The predicted molar refractivity (Wildman–Crippen MR) is 120 cm³/mol. The first kappa shape index (κ1) is 22.1. The van der Waals surface area contributed by atoms with E-state index in [2.05, 4.69) is 9.97 Å². The number of hydrogen-bond acceptors (Lipinski definition) is 5. The SMILES string of the molecule is COc1cc(C=C2OC[C@H]3CCC[C@@H](c4ccc(F)nc4F)N3C2=O)ccc1-n1cnc(C)c1. The Morgan fingerprint density at radius 3 is 2.79 bits per heavy atom. The van der Waals surface area contributed by atoms with E-state index < -0.39 is 17.9 Å². The van der Waals surface area contributed by atoms with E-state index in [9.17, 15) is 13.6 Å². The molecule has 7 nitrogen and oxygen atoms in total. The monoisotopic (exact) mass is 466 g/mol. The van der Waals surface area contributed by atoms with Crippen LogP contribution in [0.15, 0.2) is 48.6 Å². The first-order chi connectivity index (χ1) is 16.4. The average Bonchev–Trinajstić information content (AvgIpc) is 3.26. The topological polar surface area (TPSA) is 69.5 Å². The van der Waals surface area contributed by atoms with E-state index in [1.165, 1.54) is 6.07 Å². The van der Waals surface area contributed by atoms with Gasteiger partial charge in [-0.2, -0.15) is 13.8 Å². The Morgan fingerprint density at radius 2 is 2.06 bits per heavy atom. The van der Waals surface area contributed by atoms with Crippen LogP contribution in [0, 0.1) is 18.8 Å². The van der Waals surface area contributed by atoms with Crippen LogP contribution in [0.5, 0.6) is 5.75 Å². The first-order valence-corrected chi connectivity index (χ1v) is 11.1. The van der Waals surface area contributed by atoms with E-state index in [1.807, 2.05) is 35.9 Å². The van der Waals surface area contributed by atoms with Gasteiger partial charge in [-0.1, -0.05) is 6.07 Å². The van der Waals surface area contributed by atoms with Gasteiger partial charge in [0.25, 0.3) is 5.91 Å². The van der Waals surface area contributed by atoms with Crippen LogP contribution in [-0.4, -0.2) is 45.1 Å². The second-order valence-corrected chi connectivity index (χ2v) is 8.50. The van der Waals surface area contributed by atoms with E-state index in [0.717, 1.165) is 35.9 Å². The molecule has 0 saturated carbocycles. The summed E-state index contributed by atoms with van der Waals surface area (Å²) >= 11 is 0. The lowest BCUT2D eigenvalue weighted by atomic mass is 9.90. The van der Waals surface area contributed by atoms with Crippen LogP contribution < -0.4 is 4.74 Å². The first-order valence-electron chi connectivity index (χ1n) is 11.1. The number of carbonyl (C=O) groups is 1. The Morgan fingerprint density at radius 1 is 1.21 bits per heavy atom. The van der Waals surface area contributed by atoms with E-state index in [0.29, 0.717) is 18.8 Å². The Kier molecular flexibility index (Phi) is 5.77. The number of aryl methyl sites for hydroxylation is 1. The van der Waals surface area contributed by atoms with Crippen molar-refractivity contribution < 1.29 is 23.0 Å². The zero-order chi connectivity index (χ0) is 23.8. The standard InChI is InChI=1S/C25H24F2N4O3/c1-15-12-30(14-28-15)20-8-6-16(10-21(20)33-2)11-22-25(32)31-17(13-34-22)4-3-5-19(31)18-7-9-23(26)29-24(18)27/h6-12,14,17,19H,3-5,13H2,1-2H3/t17-,19+/m1/s1. The van der Waals surface area contributed by atoms with Crippen LogP contribution in [-0.2, 0) is 9.53 Å². The second-order valence-electron chi connectivity index (χ2n) is 8.50. The summed E-state index contributed by atoms with van der Waals surface area (Å²) in [7, 11) is 1.58. The summed E-state index contributed by atoms with van der Waals surface area (Å²) < 4.78 is 41.1. The van der Waals surface area contributed by atoms with Crippen molar-refractivity contribution in [3.05, 3.63) is 77.3 Å². The lowest BCUT2D eigenvalue weighted by Crippen LogP contribution is -2.52. The van der Waals surface area contributed by atoms with Crippen LogP contribution in [0.1, 0.15) is 42.1 Å². The Labute approximate surface area is 195 Å². The summed E-state index contributed by atoms with van der Waals surface area (Å²) in [5.74, 6) is -1.30. The molecule has 3 aromatic rings. The highest BCUT2D eigenvalue weighted by atomic mass is 19.1. The number of aromatic nitrogens is 3. The largest absolute Gasteiger partial charge is 0.495 e. The summed E-state index contributed by atoms with van der Waals surface area (Å²) in [6.45, 7) is 2.22. The fourth-order valence-electron chi connectivity index (χ4n) is 4.71. The summed E-state index contributed by atoms with van der Waals surface area (Å²) in [5.41, 5.74) is 2.65. The lowest BCUT2D eigenvalue weighted by Gasteiger charge is -2.45. The minimum absolute atomic E-state index is 0.172. The molecule has 2 atom stereocenters. The van der Waals surface area contributed by atoms with Gasteiger partial charge < -0.3 is 18.9 Å². The van der Waals surface area contributed by atoms with Crippen molar-refractivity contribution in [1.29, 1.82) is 0 Å². The molecule has 1 amide bonds. The molecule has 2 aromatic heterocycles. The van der Waals surface area contributed by atoms with Gasteiger partial charge in [-0.25, -0.2) is 4.98 Å². The highest BCUT2D eigenvalue weighted by molar-refractivity contribution is 5.97. The van der Waals surface area contributed by atoms with E-state index in [-0.39, 0.29) is 23.3 Å². The number of fused-ring (bicyclic) bond motifs is 1. The summed E-state index contributed by atoms with van der Waals surface area (Å²) in [5, 5.41) is 0. The molecular weight excluding hydrogens is 442 g/mol. The van der Waals surface area contributed by atoms with Crippen molar-refractivity contribution in [3.63, 3.8) is 0 Å². The molecule has 0 bridgehead atoms. The van der Waals surface area contributed by atoms with Crippen molar-refractivity contribution in [2.45, 2.75) is 38.3 Å². The maximum Gasteiger partial charge on any atom is 0.289 e. The number of rotatable bonds is 4. The van der Waals surface area contributed by atoms with Crippen molar-refractivity contribution in [2.24, 2.45) is 0 Å². The molecular formula is C25H24F2N4O3. The third kappa shape index (κ3) is 4.02. The van der Waals surface area contributed by atoms with Gasteiger partial charge in [0.05, 0.1) is 36.9 Å². The third-order valence-electron chi connectivity index (χ3n) is 6.31. The number of pyridine rings is 1. The van der Waals surface area contributed by atoms with Gasteiger partial charge in [-0.3, -0.25) is 4.79 Å². The summed E-state index contributed by atoms with van der Waals surface area (Å²) in [4.78, 5) is 22.7. The number of piperidine rings is 1. The van der Waals surface area contributed by atoms with Crippen LogP contribution in [0.2, 0.25) is 0 Å². The molecule has 0 spiro atoms. The fourth-order valence-corrected chi connectivity index (χ4v) is 4.71. The smallest absolute Gasteiger partial charge is 0.289 e. The predicted octanol–water partition coefficient (Wildman–Crippen LogP) is 4.36. The second kappa shape index (κ2) is 8.89. The van der Waals surface area contributed by atoms with Crippen molar-refractivity contribution in [1.82, 2.24) is 19.4 Å². The molecule has 0 N–H and O–H groups in total. The van der Waals surface area contributed by atoms with Gasteiger partial charge in [-0.15, -0.1) is 0 Å². The maximum atomic E-state index is 14.5. The number of ether oxygens (including phenoxy) is 2. The number of imidazole rings is 1. The van der Waals surface area contributed by atoms with Gasteiger partial charge in [0, 0.05) is 11.8 Å². The normalized spacial score (nSPS) is 21.4. The van der Waals surface area contributed by atoms with E-state index in [4.69, 9.17) is 9.47 Å². The van der Waals surface area contributed by atoms with Crippen molar-refractivity contribution >= 4 is 12.0 Å². The molecule has 5 rings (SSSR count). The van der Waals surface area contributed by atoms with E-state index >= 15 is 0 Å². The fraction of sp³-hybridized carbons (Fsp3) is 0.320. The van der Waals surface area contributed by atoms with Gasteiger partial charge in [0.1, 0.15) is 12.4 Å². The maximum absolute atomic E-state index is 14.5. The number of methoxy groups -OCH3 is 1. The molecule has 0 aliphatic carbocycles. The van der Waals surface area contributed by atoms with Crippen LogP contribution in [0.25, 0.3) is 11.8 Å². The molecule has 9 heteroatoms. The van der Waals surface area contributed by atoms with Crippen LogP contribution in [0.3, 0.4) is 0 Å². The molecule has 2 saturated heterocycles. The third-order valence-corrected chi connectivity index (χ3v) is 6.31. The molecule has 2 aliphatic heterocycles. The van der Waals surface area contributed by atoms with Gasteiger partial charge in [0.15, 0.2) is 5.76 Å². The Bertz CT molecular complexity index is 1270. The number of morpholine rings is 1. The lowest BCUT2D eigenvalue weighted by molar-refractivity contribution is -0.146. The number of halogens is 2. The number of benzene rings is 1. The number of amides is 1. The van der Waals surface area contributed by atoms with Gasteiger partial charge in [-0.05, 0) is 62.1 Å². The highest BCUT2D eigenvalue weighted by Crippen LogP contribution is 2.39. The van der Waals surface area contributed by atoms with Crippen molar-refractivity contribution in [2.75, 3.05) is 13.7 Å². The zero-order valence-electron chi connectivity index (χ0n) is 18.9. The molecule has 176 valence electrons. The molecule has 2 fully saturated rings. The Balaban J connectivity index is 1.46. The van der Waals surface area contributed by atoms with Gasteiger partial charge >= 0.3 is 0 Å². The molecule has 2 aliphatic rings. The minimum Gasteiger partial charge on any atom is -0.495 e. The van der Waals surface area contributed by atoms with Crippen LogP contribution in [0.4, 0.5) is 8.78 Å². The van der Waals surface area contributed by atoms with E-state index in [1.54, 1.807) is 24.4 Å². The minimum atomic E-state index is -0.884. The van der Waals surface area contributed by atoms with Crippen molar-refractivity contribution in [3.8, 4) is 11.4 Å². The summed E-state index contributed by atoms with van der Waals surface area (Å²) in [6, 6.07) is 7.36. The number of nitrogens with zero attached hydrogens (tertiary/aromatic N) is 4. The van der Waals surface area contributed by atoms with Gasteiger partial charge in [0.2, 0.25) is 11.9 Å². The molecule has 0 unspecified atom stereocenters. The van der Waals surface area contributed by atoms with Crippen LogP contribution >= 0.6 is 0 Å². The highest BCUT2D eigenvalue weighted by Gasteiger charge is 2.41. The molecule has 1 aromatic carbocycles. The Hall–Kier alpha value is -3.75. The quantitative estimate of drug-likeness (QED) is 0.422.